The van der Waals surface area contributed by atoms with Crippen LogP contribution in [0.5, 0.6) is 0 Å². The molecule has 0 unspecified atom stereocenters. The van der Waals surface area contributed by atoms with Crippen molar-refractivity contribution in [3.63, 3.8) is 0 Å². The van der Waals surface area contributed by atoms with E-state index in [2.05, 4.69) is 31.2 Å². The third-order valence-electron chi connectivity index (χ3n) is 3.57. The van der Waals surface area contributed by atoms with Gasteiger partial charge in [0, 0.05) is 17.2 Å². The van der Waals surface area contributed by atoms with E-state index in [1.807, 2.05) is 48.5 Å². The van der Waals surface area contributed by atoms with E-state index in [9.17, 15) is 10.1 Å². The maximum Gasteiger partial charge on any atom is 0.354 e. The van der Waals surface area contributed by atoms with Gasteiger partial charge in [-0.3, -0.25) is 10.1 Å². The van der Waals surface area contributed by atoms with Crippen LogP contribution in [0.2, 0.25) is 0 Å². The van der Waals surface area contributed by atoms with Crippen molar-refractivity contribution in [3.05, 3.63) is 75.5 Å². The molecule has 8 heteroatoms. The number of nitrogens with one attached hydrogen (secondary N) is 1. The molecule has 1 aromatic heterocycles. The van der Waals surface area contributed by atoms with Crippen molar-refractivity contribution in [2.24, 2.45) is 0 Å². The minimum atomic E-state index is -0.478. The van der Waals surface area contributed by atoms with E-state index in [-0.39, 0.29) is 17.3 Å². The van der Waals surface area contributed by atoms with Crippen LogP contribution in [-0.2, 0) is 0 Å². The predicted molar refractivity (Wildman–Crippen MR) is 101 cm³/mol. The Kier molecular flexibility index (Phi) is 4.90. The van der Waals surface area contributed by atoms with E-state index < -0.39 is 4.92 Å². The monoisotopic (exact) mass is 399 g/mol. The lowest BCUT2D eigenvalue weighted by atomic mass is 10.2. The summed E-state index contributed by atoms with van der Waals surface area (Å²) in [5.41, 5.74) is 1.28. The second-order valence-corrected chi connectivity index (χ2v) is 6.01. The van der Waals surface area contributed by atoms with E-state index in [1.165, 1.54) is 6.33 Å². The maximum atomic E-state index is 11.7. The lowest BCUT2D eigenvalue weighted by molar-refractivity contribution is -0.383. The molecule has 7 nitrogen and oxygen atoms in total. The van der Waals surface area contributed by atoms with Crippen LogP contribution in [0.1, 0.15) is 0 Å². The van der Waals surface area contributed by atoms with Gasteiger partial charge in [0.2, 0.25) is 11.6 Å². The highest BCUT2D eigenvalue weighted by Crippen LogP contribution is 2.37. The summed E-state index contributed by atoms with van der Waals surface area (Å²) in [5.74, 6) is 0.338. The summed E-state index contributed by atoms with van der Waals surface area (Å²) in [5, 5.41) is 14.7. The Balaban J connectivity index is 2.06. The number of aromatic nitrogens is 2. The first kappa shape index (κ1) is 16.8. The summed E-state index contributed by atoms with van der Waals surface area (Å²) < 4.78 is 0.779. The third-order valence-corrected chi connectivity index (χ3v) is 4.27. The van der Waals surface area contributed by atoms with Crippen LogP contribution in [0.4, 0.5) is 28.7 Å². The van der Waals surface area contributed by atoms with Gasteiger partial charge in [0.05, 0.1) is 10.6 Å². The SMILES string of the molecule is CN(c1ccccc1)c1ncnc(Nc2ccccc2Br)c1[N+](=O)[O-]. The van der Waals surface area contributed by atoms with Gasteiger partial charge < -0.3 is 10.2 Å². The van der Waals surface area contributed by atoms with Gasteiger partial charge >= 0.3 is 5.69 Å². The molecule has 25 heavy (non-hydrogen) atoms. The average molecular weight is 400 g/mol. The molecule has 0 fully saturated rings. The summed E-state index contributed by atoms with van der Waals surface area (Å²) in [6, 6.07) is 16.6. The standard InChI is InChI=1S/C17H14BrN5O2/c1-22(12-7-3-2-4-8-12)17-15(23(24)25)16(19-11-20-17)21-14-10-6-5-9-13(14)18/h2-11H,1H3,(H,19,20,21). The number of hydrogen-bond acceptors (Lipinski definition) is 6. The molecular formula is C17H14BrN5O2. The molecule has 0 spiro atoms. The Morgan fingerprint density at radius 3 is 2.44 bits per heavy atom. The predicted octanol–water partition coefficient (Wildman–Crippen LogP) is 4.66. The Bertz CT molecular complexity index is 905. The summed E-state index contributed by atoms with van der Waals surface area (Å²) in [6.45, 7) is 0. The Morgan fingerprint density at radius 2 is 1.76 bits per heavy atom. The number of rotatable bonds is 5. The van der Waals surface area contributed by atoms with E-state index in [0.717, 1.165) is 10.2 Å². The molecule has 1 N–H and O–H groups in total. The highest BCUT2D eigenvalue weighted by atomic mass is 79.9. The van der Waals surface area contributed by atoms with Gasteiger partial charge in [-0.1, -0.05) is 30.3 Å². The van der Waals surface area contributed by atoms with E-state index in [4.69, 9.17) is 0 Å². The van der Waals surface area contributed by atoms with Crippen LogP contribution < -0.4 is 10.2 Å². The normalized spacial score (nSPS) is 10.3. The molecule has 2 aromatic carbocycles. The average Bonchev–Trinajstić information content (AvgIpc) is 2.63. The number of hydrogen-bond donors (Lipinski definition) is 1. The van der Waals surface area contributed by atoms with Crippen LogP contribution in [0.15, 0.2) is 65.4 Å². The smallest absolute Gasteiger partial charge is 0.333 e. The van der Waals surface area contributed by atoms with Crippen LogP contribution in [-0.4, -0.2) is 21.9 Å². The quantitative estimate of drug-likeness (QED) is 0.496. The molecule has 0 radical (unpaired) electrons. The van der Waals surface area contributed by atoms with Gasteiger partial charge in [0.1, 0.15) is 6.33 Å². The maximum absolute atomic E-state index is 11.7. The van der Waals surface area contributed by atoms with Gasteiger partial charge in [-0.05, 0) is 40.2 Å². The van der Waals surface area contributed by atoms with Crippen LogP contribution >= 0.6 is 15.9 Å². The van der Waals surface area contributed by atoms with Gasteiger partial charge in [-0.25, -0.2) is 9.97 Å². The van der Waals surface area contributed by atoms with Crippen molar-refractivity contribution >= 4 is 44.6 Å². The molecule has 0 amide bonds. The highest BCUT2D eigenvalue weighted by molar-refractivity contribution is 9.10. The molecule has 0 bridgehead atoms. The minimum Gasteiger partial charge on any atom is -0.333 e. The van der Waals surface area contributed by atoms with Crippen molar-refractivity contribution in [2.75, 3.05) is 17.3 Å². The Morgan fingerprint density at radius 1 is 1.08 bits per heavy atom. The van der Waals surface area contributed by atoms with Crippen molar-refractivity contribution in [1.82, 2.24) is 9.97 Å². The summed E-state index contributed by atoms with van der Waals surface area (Å²) in [7, 11) is 1.73. The number of anilines is 4. The van der Waals surface area contributed by atoms with Gasteiger partial charge in [0.15, 0.2) is 0 Å². The Labute approximate surface area is 152 Å². The van der Waals surface area contributed by atoms with Crippen LogP contribution in [0, 0.1) is 10.1 Å². The number of nitrogens with zero attached hydrogens (tertiary/aromatic N) is 4. The van der Waals surface area contributed by atoms with Crippen LogP contribution in [0.3, 0.4) is 0 Å². The zero-order valence-corrected chi connectivity index (χ0v) is 14.8. The fourth-order valence-corrected chi connectivity index (χ4v) is 2.72. The van der Waals surface area contributed by atoms with Crippen molar-refractivity contribution < 1.29 is 4.92 Å². The van der Waals surface area contributed by atoms with E-state index >= 15 is 0 Å². The first-order chi connectivity index (χ1) is 12.1. The molecule has 0 saturated heterocycles. The number of para-hydroxylation sites is 2. The zero-order chi connectivity index (χ0) is 17.8. The number of nitro groups is 1. The molecule has 0 atom stereocenters. The lowest BCUT2D eigenvalue weighted by Crippen LogP contribution is -2.15. The third kappa shape index (κ3) is 3.58. The molecule has 3 rings (SSSR count). The molecular weight excluding hydrogens is 386 g/mol. The molecule has 126 valence electrons. The molecule has 0 aliphatic heterocycles. The zero-order valence-electron chi connectivity index (χ0n) is 13.3. The van der Waals surface area contributed by atoms with Crippen molar-refractivity contribution in [1.29, 1.82) is 0 Å². The first-order valence-electron chi connectivity index (χ1n) is 7.37. The molecule has 0 aliphatic rings. The number of halogens is 1. The second-order valence-electron chi connectivity index (χ2n) is 5.15. The lowest BCUT2D eigenvalue weighted by Gasteiger charge is -2.19. The van der Waals surface area contributed by atoms with Gasteiger partial charge in [-0.15, -0.1) is 0 Å². The minimum absolute atomic E-state index is 0.129. The van der Waals surface area contributed by atoms with Crippen LogP contribution in [0.25, 0.3) is 0 Å². The van der Waals surface area contributed by atoms with Gasteiger partial charge in [-0.2, -0.15) is 0 Å². The second kappa shape index (κ2) is 7.27. The number of benzene rings is 2. The van der Waals surface area contributed by atoms with Gasteiger partial charge in [0.25, 0.3) is 0 Å². The fourth-order valence-electron chi connectivity index (χ4n) is 2.34. The summed E-state index contributed by atoms with van der Waals surface area (Å²) in [6.07, 6.45) is 1.31. The molecule has 0 aliphatic carbocycles. The van der Waals surface area contributed by atoms with Crippen molar-refractivity contribution in [2.45, 2.75) is 0 Å². The van der Waals surface area contributed by atoms with Crippen molar-refractivity contribution in [3.8, 4) is 0 Å². The summed E-state index contributed by atoms with van der Waals surface area (Å²) >= 11 is 3.41. The first-order valence-corrected chi connectivity index (χ1v) is 8.17. The fraction of sp³-hybridized carbons (Fsp3) is 0.0588. The summed E-state index contributed by atoms with van der Waals surface area (Å²) in [4.78, 5) is 21.1. The topological polar surface area (TPSA) is 84.2 Å². The van der Waals surface area contributed by atoms with E-state index in [0.29, 0.717) is 5.69 Å². The highest BCUT2D eigenvalue weighted by Gasteiger charge is 2.26. The molecule has 0 saturated carbocycles. The van der Waals surface area contributed by atoms with E-state index in [1.54, 1.807) is 18.0 Å². The largest absolute Gasteiger partial charge is 0.354 e. The molecule has 3 aromatic rings. The Hall–Kier alpha value is -3.00. The molecule has 1 heterocycles.